The standard InChI is InChI=1S/C21H19ClO2.C15H21N5O3S.C14H19N5O4S/c1-23-19-12-8-17(9-13-19)21(22,16-6-4-3-5-7-16)18-10-14-20(24-2)15-11-18;1-4-8-5-9(21)14(24-8)20-6-16-10-11(20)17-15(19-13(10)23)18-12(22)7(2)3;1-6(2)11(22)17-14-16-10-9(12(23)18-14)15-5-19(10)13-8(21)3-7(4-20)24-13/h3-15H,1-2H3;6-9,14,21H,4-5H2,1-3H3,(H2,17,18,19,22,23);5-8,13,20-21H,3-4H2,1-2H3,(H2,16,17,18,22,23)/t;8-,9-,14-;7-,8+,13+/m.10/s1. The van der Waals surface area contributed by atoms with E-state index in [1.165, 1.54) is 24.4 Å². The van der Waals surface area contributed by atoms with Crippen molar-refractivity contribution in [3.8, 4) is 11.5 Å². The lowest BCUT2D eigenvalue weighted by atomic mass is 9.84. The van der Waals surface area contributed by atoms with E-state index in [-0.39, 0.29) is 69.5 Å². The number of ether oxygens (including phenoxy) is 2. The second kappa shape index (κ2) is 23.5. The summed E-state index contributed by atoms with van der Waals surface area (Å²) in [6.45, 7) is 9.03. The SMILES string of the molecule is CC(C)C(=O)Nc1nc2c(ncn2[C@@H]2S[C@H](CO)C[C@H]2O)c(=O)[nH]1.CC[C@@H]1C[C@@H](O)[C@H](n2cnc3c(=O)[nH]c(NC(=O)C(C)C)nc32)S1.COc1ccc(C(Cl)(c2ccccc2)c2ccc(OC)cc2)cc1. The molecule has 6 atom stereocenters. The molecule has 0 bridgehead atoms. The molecule has 0 aliphatic carbocycles. The number of fused-ring (bicyclic) bond motifs is 2. The second-order valence-corrected chi connectivity index (χ2v) is 21.2. The van der Waals surface area contributed by atoms with Gasteiger partial charge in [-0.3, -0.25) is 48.9 Å². The number of aromatic amines is 2. The van der Waals surface area contributed by atoms with Gasteiger partial charge < -0.3 is 24.8 Å². The average molecular weight is 1040 g/mol. The molecule has 22 heteroatoms. The van der Waals surface area contributed by atoms with Gasteiger partial charge in [-0.25, -0.2) is 9.97 Å². The highest BCUT2D eigenvalue weighted by atomic mass is 35.5. The van der Waals surface area contributed by atoms with Crippen LogP contribution in [-0.4, -0.2) is 110 Å². The van der Waals surface area contributed by atoms with E-state index in [1.54, 1.807) is 62.8 Å². The molecule has 2 amide bonds. The minimum atomic E-state index is -0.778. The Morgan fingerprint density at radius 2 is 1.11 bits per heavy atom. The number of methoxy groups -OCH3 is 2. The van der Waals surface area contributed by atoms with Crippen LogP contribution in [0.3, 0.4) is 0 Å². The highest BCUT2D eigenvalue weighted by Gasteiger charge is 2.37. The zero-order valence-electron chi connectivity index (χ0n) is 40.8. The maximum absolute atomic E-state index is 12.2. The van der Waals surface area contributed by atoms with Crippen molar-refractivity contribution in [2.24, 2.45) is 11.8 Å². The number of thioether (sulfide) groups is 2. The molecule has 6 heterocycles. The topological polar surface area (TPSA) is 264 Å². The summed E-state index contributed by atoms with van der Waals surface area (Å²) >= 11 is 10.3. The minimum absolute atomic E-state index is 0.0332. The Labute approximate surface area is 428 Å². The van der Waals surface area contributed by atoms with E-state index in [4.69, 9.17) is 21.1 Å². The Bertz CT molecular complexity index is 2890. The molecule has 0 spiro atoms. The molecule has 2 aliphatic heterocycles. The van der Waals surface area contributed by atoms with Crippen molar-refractivity contribution >= 4 is 81.2 Å². The Morgan fingerprint density at radius 1 is 0.708 bits per heavy atom. The van der Waals surface area contributed by atoms with Gasteiger partial charge in [-0.05, 0) is 60.2 Å². The summed E-state index contributed by atoms with van der Waals surface area (Å²) in [7, 11) is 3.31. The van der Waals surface area contributed by atoms with Crippen LogP contribution in [-0.2, 0) is 14.5 Å². The van der Waals surface area contributed by atoms with Gasteiger partial charge in [0.15, 0.2) is 22.3 Å². The number of amides is 2. The number of hydrogen-bond donors (Lipinski definition) is 7. The van der Waals surface area contributed by atoms with Gasteiger partial charge in [0.25, 0.3) is 11.1 Å². The number of aliphatic hydroxyl groups excluding tert-OH is 3. The summed E-state index contributed by atoms with van der Waals surface area (Å²) in [5.74, 6) is 0.772. The summed E-state index contributed by atoms with van der Waals surface area (Å²) in [6, 6.07) is 25.8. The maximum Gasteiger partial charge on any atom is 0.280 e. The number of alkyl halides is 1. The molecule has 2 saturated heterocycles. The first-order valence-corrected chi connectivity index (χ1v) is 25.6. The summed E-state index contributed by atoms with van der Waals surface area (Å²) in [4.78, 5) is 69.0. The number of carbonyl (C=O) groups excluding carboxylic acids is 2. The van der Waals surface area contributed by atoms with Crippen molar-refractivity contribution in [3.05, 3.63) is 129 Å². The number of carbonyl (C=O) groups is 2. The maximum atomic E-state index is 12.2. The Balaban J connectivity index is 0.000000158. The van der Waals surface area contributed by atoms with E-state index in [0.29, 0.717) is 23.7 Å². The van der Waals surface area contributed by atoms with Gasteiger partial charge in [0.1, 0.15) is 27.1 Å². The van der Waals surface area contributed by atoms with E-state index in [0.717, 1.165) is 34.6 Å². The first kappa shape index (κ1) is 53.6. The van der Waals surface area contributed by atoms with Crippen molar-refractivity contribution in [3.63, 3.8) is 0 Å². The molecule has 72 heavy (non-hydrogen) atoms. The molecule has 0 radical (unpaired) electrons. The molecule has 3 aromatic carbocycles. The third kappa shape index (κ3) is 11.8. The molecule has 4 aromatic heterocycles. The smallest absolute Gasteiger partial charge is 0.280 e. The zero-order valence-corrected chi connectivity index (χ0v) is 43.2. The van der Waals surface area contributed by atoms with E-state index in [1.807, 2.05) is 78.9 Å². The fourth-order valence-electron chi connectivity index (χ4n) is 8.02. The Kier molecular flexibility index (Phi) is 17.5. The quantitative estimate of drug-likeness (QED) is 0.0463. The minimum Gasteiger partial charge on any atom is -0.497 e. The molecular weight excluding hydrogens is 984 g/mol. The summed E-state index contributed by atoms with van der Waals surface area (Å²) in [5.41, 5.74) is 3.10. The van der Waals surface area contributed by atoms with E-state index in [2.05, 4.69) is 47.5 Å². The molecular formula is C50H59ClN10O9S2. The normalized spacial score (nSPS) is 19.7. The second-order valence-electron chi connectivity index (χ2n) is 17.7. The van der Waals surface area contributed by atoms with Crippen LogP contribution in [0.1, 0.15) is 81.3 Å². The molecule has 9 rings (SSSR count). The lowest BCUT2D eigenvalue weighted by Crippen LogP contribution is -2.23. The summed E-state index contributed by atoms with van der Waals surface area (Å²) < 4.78 is 13.9. The number of imidazole rings is 2. The molecule has 7 aromatic rings. The highest BCUT2D eigenvalue weighted by molar-refractivity contribution is 8.00. The molecule has 382 valence electrons. The van der Waals surface area contributed by atoms with Crippen molar-refractivity contribution < 1.29 is 34.4 Å². The van der Waals surface area contributed by atoms with Gasteiger partial charge in [0.05, 0.1) is 45.7 Å². The monoisotopic (exact) mass is 1040 g/mol. The number of rotatable bonds is 13. The molecule has 0 unspecified atom stereocenters. The van der Waals surface area contributed by atoms with Crippen molar-refractivity contribution in [1.82, 2.24) is 39.0 Å². The molecule has 2 aliphatic rings. The van der Waals surface area contributed by atoms with Crippen molar-refractivity contribution in [2.75, 3.05) is 31.5 Å². The number of aliphatic hydroxyl groups is 3. The fourth-order valence-corrected chi connectivity index (χ4v) is 11.2. The first-order valence-electron chi connectivity index (χ1n) is 23.4. The first-order chi connectivity index (χ1) is 34.5. The van der Waals surface area contributed by atoms with Gasteiger partial charge in [0, 0.05) is 22.3 Å². The Morgan fingerprint density at radius 3 is 1.47 bits per heavy atom. The summed E-state index contributed by atoms with van der Waals surface area (Å²) in [5, 5.41) is 34.6. The number of benzene rings is 3. The van der Waals surface area contributed by atoms with Gasteiger partial charge in [-0.15, -0.1) is 35.1 Å². The van der Waals surface area contributed by atoms with Crippen LogP contribution in [0.25, 0.3) is 22.3 Å². The number of H-pyrrole nitrogens is 2. The lowest BCUT2D eigenvalue weighted by Gasteiger charge is -2.29. The van der Waals surface area contributed by atoms with Gasteiger partial charge in [-0.2, -0.15) is 9.97 Å². The zero-order chi connectivity index (χ0) is 51.9. The number of halogens is 1. The summed E-state index contributed by atoms with van der Waals surface area (Å²) in [6.07, 6.45) is 3.89. The predicted octanol–water partition coefficient (Wildman–Crippen LogP) is 6.80. The predicted molar refractivity (Wildman–Crippen MR) is 281 cm³/mol. The molecule has 2 fully saturated rings. The highest BCUT2D eigenvalue weighted by Crippen LogP contribution is 2.45. The van der Waals surface area contributed by atoms with Crippen molar-refractivity contribution in [1.29, 1.82) is 0 Å². The van der Waals surface area contributed by atoms with Gasteiger partial charge >= 0.3 is 0 Å². The van der Waals surface area contributed by atoms with Crippen LogP contribution in [0.5, 0.6) is 11.5 Å². The Hall–Kier alpha value is -6.23. The van der Waals surface area contributed by atoms with E-state index >= 15 is 0 Å². The van der Waals surface area contributed by atoms with Gasteiger partial charge in [0.2, 0.25) is 23.7 Å². The van der Waals surface area contributed by atoms with Crippen LogP contribution in [0, 0.1) is 11.8 Å². The van der Waals surface area contributed by atoms with E-state index < -0.39 is 33.6 Å². The van der Waals surface area contributed by atoms with E-state index in [9.17, 15) is 34.5 Å². The third-order valence-corrected chi connectivity index (χ3v) is 16.0. The number of hydrogen-bond acceptors (Lipinski definition) is 15. The fraction of sp³-hybridized carbons (Fsp3) is 0.400. The number of nitrogens with zero attached hydrogens (tertiary/aromatic N) is 6. The molecule has 7 N–H and O–H groups in total. The van der Waals surface area contributed by atoms with Crippen LogP contribution in [0.2, 0.25) is 0 Å². The number of aromatic nitrogens is 8. The average Bonchev–Trinajstić information content (AvgIpc) is 4.19. The number of anilines is 2. The largest absolute Gasteiger partial charge is 0.497 e. The number of nitrogens with one attached hydrogen (secondary N) is 4. The van der Waals surface area contributed by atoms with Crippen LogP contribution >= 0.6 is 35.1 Å². The third-order valence-electron chi connectivity index (χ3n) is 12.1. The van der Waals surface area contributed by atoms with Gasteiger partial charge in [-0.1, -0.05) is 89.2 Å². The van der Waals surface area contributed by atoms with Crippen LogP contribution in [0.15, 0.2) is 101 Å². The lowest BCUT2D eigenvalue weighted by molar-refractivity contribution is -0.119. The van der Waals surface area contributed by atoms with Crippen LogP contribution in [0.4, 0.5) is 11.9 Å². The molecule has 0 saturated carbocycles. The molecule has 19 nitrogen and oxygen atoms in total. The van der Waals surface area contributed by atoms with Crippen molar-refractivity contribution in [2.45, 2.75) is 92.2 Å². The van der Waals surface area contributed by atoms with Crippen LogP contribution < -0.4 is 31.2 Å².